The fourth-order valence-corrected chi connectivity index (χ4v) is 4.55. The molecule has 27 heavy (non-hydrogen) atoms. The van der Waals surface area contributed by atoms with Crippen LogP contribution in [0, 0.1) is 0 Å². The van der Waals surface area contributed by atoms with E-state index in [1.165, 1.54) is 36.5 Å². The van der Waals surface area contributed by atoms with Gasteiger partial charge in [0.25, 0.3) is 0 Å². The maximum Gasteiger partial charge on any atom is 0.126 e. The summed E-state index contributed by atoms with van der Waals surface area (Å²) in [5, 5.41) is 10.5. The Morgan fingerprint density at radius 2 is 2.00 bits per heavy atom. The van der Waals surface area contributed by atoms with Gasteiger partial charge in [-0.1, -0.05) is 30.3 Å². The van der Waals surface area contributed by atoms with E-state index in [1.807, 2.05) is 30.3 Å². The highest BCUT2D eigenvalue weighted by molar-refractivity contribution is 5.22. The number of aliphatic hydroxyl groups is 1. The summed E-state index contributed by atoms with van der Waals surface area (Å²) in [7, 11) is 2.17. The van der Waals surface area contributed by atoms with Gasteiger partial charge in [0.05, 0.1) is 31.1 Å². The fourth-order valence-electron chi connectivity index (χ4n) is 4.55. The first-order chi connectivity index (χ1) is 13.2. The topological polar surface area (TPSA) is 50.5 Å². The van der Waals surface area contributed by atoms with Crippen LogP contribution in [0.2, 0.25) is 0 Å². The van der Waals surface area contributed by atoms with E-state index in [-0.39, 0.29) is 0 Å². The average Bonchev–Trinajstić information content (AvgIpc) is 3.27. The molecule has 1 N–H and O–H groups in total. The van der Waals surface area contributed by atoms with Crippen LogP contribution >= 0.6 is 0 Å². The number of nitrogens with zero attached hydrogens (tertiary/aromatic N) is 3. The summed E-state index contributed by atoms with van der Waals surface area (Å²) < 4.78 is 8.05. The standard InChI is InChI=1S/C22H31N3O2/c1-24-20-11-6-5-10-19(20)23-22(24)21-12-7-13-25(21)14-18(26)16-27-15-17-8-3-2-4-9-17/h2-4,8-9,18,21,26H,5-7,10-16H2,1H3/t18-,21?/m0/s1. The molecule has 1 aliphatic heterocycles. The van der Waals surface area contributed by atoms with E-state index >= 15 is 0 Å². The van der Waals surface area contributed by atoms with E-state index in [4.69, 9.17) is 9.72 Å². The number of rotatable bonds is 7. The van der Waals surface area contributed by atoms with Gasteiger partial charge in [-0.25, -0.2) is 4.98 Å². The second kappa shape index (κ2) is 8.55. The van der Waals surface area contributed by atoms with Crippen LogP contribution in [0.3, 0.4) is 0 Å². The molecular formula is C22H31N3O2. The summed E-state index contributed by atoms with van der Waals surface area (Å²) in [4.78, 5) is 7.39. The number of ether oxygens (including phenoxy) is 1. The van der Waals surface area contributed by atoms with E-state index in [0.29, 0.717) is 25.8 Å². The number of β-amino-alcohol motifs (C(OH)–C–C–N with tert-alkyl or cyclic N) is 1. The first-order valence-electron chi connectivity index (χ1n) is 10.3. The Hall–Kier alpha value is -1.69. The monoisotopic (exact) mass is 369 g/mol. The highest BCUT2D eigenvalue weighted by Crippen LogP contribution is 2.33. The van der Waals surface area contributed by atoms with E-state index in [1.54, 1.807) is 0 Å². The zero-order valence-electron chi connectivity index (χ0n) is 16.3. The first kappa shape index (κ1) is 18.7. The Bertz CT molecular complexity index is 744. The Morgan fingerprint density at radius 3 is 2.81 bits per heavy atom. The van der Waals surface area contributed by atoms with Crippen molar-refractivity contribution in [2.45, 2.75) is 57.3 Å². The van der Waals surface area contributed by atoms with Crippen molar-refractivity contribution >= 4 is 0 Å². The zero-order chi connectivity index (χ0) is 18.6. The number of benzene rings is 1. The van der Waals surface area contributed by atoms with Gasteiger partial charge >= 0.3 is 0 Å². The molecule has 2 heterocycles. The van der Waals surface area contributed by atoms with Crippen molar-refractivity contribution in [3.63, 3.8) is 0 Å². The van der Waals surface area contributed by atoms with Crippen molar-refractivity contribution < 1.29 is 9.84 Å². The highest BCUT2D eigenvalue weighted by Gasteiger charge is 2.32. The summed E-state index contributed by atoms with van der Waals surface area (Å²) in [5.41, 5.74) is 3.87. The van der Waals surface area contributed by atoms with Crippen molar-refractivity contribution in [3.8, 4) is 0 Å². The van der Waals surface area contributed by atoms with Crippen LogP contribution < -0.4 is 0 Å². The third kappa shape index (κ3) is 4.26. The molecule has 5 heteroatoms. The molecule has 2 aliphatic rings. The van der Waals surface area contributed by atoms with E-state index < -0.39 is 6.10 Å². The second-order valence-corrected chi connectivity index (χ2v) is 7.94. The van der Waals surface area contributed by atoms with Gasteiger partial charge in [0, 0.05) is 19.3 Å². The highest BCUT2D eigenvalue weighted by atomic mass is 16.5. The SMILES string of the molecule is Cn1c(C2CCCN2C[C@H](O)COCc2ccccc2)nc2c1CCCC2. The normalized spacial score (nSPS) is 21.3. The molecule has 5 nitrogen and oxygen atoms in total. The largest absolute Gasteiger partial charge is 0.389 e. The van der Waals surface area contributed by atoms with Gasteiger partial charge < -0.3 is 14.4 Å². The number of aryl methyl sites for hydroxylation is 1. The van der Waals surface area contributed by atoms with E-state index in [9.17, 15) is 5.11 Å². The van der Waals surface area contributed by atoms with Crippen molar-refractivity contribution in [2.75, 3.05) is 19.7 Å². The lowest BCUT2D eigenvalue weighted by molar-refractivity contribution is 0.00706. The molecule has 1 saturated heterocycles. The van der Waals surface area contributed by atoms with Gasteiger partial charge in [-0.2, -0.15) is 0 Å². The molecule has 0 radical (unpaired) electrons. The van der Waals surface area contributed by atoms with Crippen LogP contribution in [0.1, 0.15) is 54.5 Å². The number of hydrogen-bond acceptors (Lipinski definition) is 4. The van der Waals surface area contributed by atoms with Gasteiger partial charge in [-0.3, -0.25) is 4.90 Å². The Morgan fingerprint density at radius 1 is 1.19 bits per heavy atom. The lowest BCUT2D eigenvalue weighted by Crippen LogP contribution is -2.35. The van der Waals surface area contributed by atoms with Gasteiger partial charge in [0.1, 0.15) is 5.82 Å². The minimum atomic E-state index is -0.468. The minimum Gasteiger partial charge on any atom is -0.389 e. The fraction of sp³-hybridized carbons (Fsp3) is 0.591. The smallest absolute Gasteiger partial charge is 0.126 e. The molecule has 1 aromatic heterocycles. The lowest BCUT2D eigenvalue weighted by atomic mass is 10.0. The predicted molar refractivity (Wildman–Crippen MR) is 106 cm³/mol. The van der Waals surface area contributed by atoms with Crippen LogP contribution in [0.15, 0.2) is 30.3 Å². The number of aromatic nitrogens is 2. The molecular weight excluding hydrogens is 338 g/mol. The maximum atomic E-state index is 10.5. The quantitative estimate of drug-likeness (QED) is 0.815. The third-order valence-corrected chi connectivity index (χ3v) is 5.94. The van der Waals surface area contributed by atoms with Crippen LogP contribution in [0.25, 0.3) is 0 Å². The Balaban J connectivity index is 1.34. The second-order valence-electron chi connectivity index (χ2n) is 7.94. The number of aliphatic hydroxyl groups excluding tert-OH is 1. The summed E-state index contributed by atoms with van der Waals surface area (Å²) in [5.74, 6) is 1.19. The summed E-state index contributed by atoms with van der Waals surface area (Å²) in [6.45, 7) is 2.59. The van der Waals surface area contributed by atoms with Crippen LogP contribution in [0.5, 0.6) is 0 Å². The third-order valence-electron chi connectivity index (χ3n) is 5.94. The molecule has 0 spiro atoms. The summed E-state index contributed by atoms with van der Waals surface area (Å²) >= 11 is 0. The van der Waals surface area contributed by atoms with Gasteiger partial charge in [-0.15, -0.1) is 0 Å². The van der Waals surface area contributed by atoms with Crippen LogP contribution in [0.4, 0.5) is 0 Å². The zero-order valence-corrected chi connectivity index (χ0v) is 16.3. The predicted octanol–water partition coefficient (Wildman–Crippen LogP) is 3.01. The molecule has 1 fully saturated rings. The number of imidazole rings is 1. The minimum absolute atomic E-state index is 0.323. The number of hydrogen-bond donors (Lipinski definition) is 1. The average molecular weight is 370 g/mol. The molecule has 1 unspecified atom stereocenters. The van der Waals surface area contributed by atoms with Crippen molar-refractivity contribution in [3.05, 3.63) is 53.1 Å². The van der Waals surface area contributed by atoms with Crippen molar-refractivity contribution in [2.24, 2.45) is 7.05 Å². The van der Waals surface area contributed by atoms with Gasteiger partial charge in [0.15, 0.2) is 0 Å². The molecule has 0 bridgehead atoms. The molecule has 2 atom stereocenters. The molecule has 146 valence electrons. The van der Waals surface area contributed by atoms with Crippen LogP contribution in [-0.2, 0) is 31.2 Å². The van der Waals surface area contributed by atoms with Crippen LogP contribution in [-0.4, -0.2) is 45.4 Å². The number of likely N-dealkylation sites (tertiary alicyclic amines) is 1. The van der Waals surface area contributed by atoms with Crippen molar-refractivity contribution in [1.82, 2.24) is 14.5 Å². The van der Waals surface area contributed by atoms with E-state index in [0.717, 1.165) is 31.4 Å². The Labute approximate surface area is 162 Å². The lowest BCUT2D eigenvalue weighted by Gasteiger charge is -2.26. The Kier molecular flexibility index (Phi) is 5.91. The summed E-state index contributed by atoms with van der Waals surface area (Å²) in [6.07, 6.45) is 6.63. The van der Waals surface area contributed by atoms with Gasteiger partial charge in [-0.05, 0) is 50.6 Å². The molecule has 0 amide bonds. The number of fused-ring (bicyclic) bond motifs is 1. The molecule has 2 aromatic rings. The van der Waals surface area contributed by atoms with E-state index in [2.05, 4.69) is 16.5 Å². The first-order valence-corrected chi connectivity index (χ1v) is 10.3. The molecule has 1 aliphatic carbocycles. The molecule has 1 aromatic carbocycles. The maximum absolute atomic E-state index is 10.5. The molecule has 4 rings (SSSR count). The molecule has 0 saturated carbocycles. The van der Waals surface area contributed by atoms with Crippen molar-refractivity contribution in [1.29, 1.82) is 0 Å². The summed E-state index contributed by atoms with van der Waals surface area (Å²) in [6, 6.07) is 10.4. The van der Waals surface area contributed by atoms with Gasteiger partial charge in [0.2, 0.25) is 0 Å².